The third-order valence-corrected chi connectivity index (χ3v) is 4.71. The van der Waals surface area contributed by atoms with Gasteiger partial charge in [-0.15, -0.1) is 0 Å². The van der Waals surface area contributed by atoms with Gasteiger partial charge < -0.3 is 10.1 Å². The molecule has 0 atom stereocenters. The quantitative estimate of drug-likeness (QED) is 0.814. The molecule has 1 saturated carbocycles. The Morgan fingerprint density at radius 3 is 2.84 bits per heavy atom. The van der Waals surface area contributed by atoms with Gasteiger partial charge in [0.2, 0.25) is 10.0 Å². The Labute approximate surface area is 113 Å². The lowest BCUT2D eigenvalue weighted by molar-refractivity contribution is -0.00475. The normalized spacial score (nSPS) is 22.8. The van der Waals surface area contributed by atoms with Crippen molar-refractivity contribution in [2.75, 3.05) is 19.0 Å². The third-order valence-electron chi connectivity index (χ3n) is 3.16. The fraction of sp³-hybridized carbons (Fsp3) is 0.583. The number of sulfonamides is 1. The number of nitrogens with zero attached hydrogens (tertiary/aromatic N) is 1. The third kappa shape index (κ3) is 3.23. The van der Waals surface area contributed by atoms with E-state index in [1.54, 1.807) is 19.3 Å². The van der Waals surface area contributed by atoms with Gasteiger partial charge in [0.25, 0.3) is 0 Å². The van der Waals surface area contributed by atoms with Crippen LogP contribution in [0.1, 0.15) is 19.8 Å². The maximum atomic E-state index is 12.2. The lowest BCUT2D eigenvalue weighted by Gasteiger charge is -2.35. The van der Waals surface area contributed by atoms with Gasteiger partial charge in [-0.3, -0.25) is 4.98 Å². The van der Waals surface area contributed by atoms with Gasteiger partial charge in [-0.1, -0.05) is 0 Å². The van der Waals surface area contributed by atoms with Crippen LogP contribution in [0.5, 0.6) is 0 Å². The van der Waals surface area contributed by atoms with Crippen molar-refractivity contribution in [3.63, 3.8) is 0 Å². The van der Waals surface area contributed by atoms with E-state index in [0.29, 0.717) is 12.3 Å². The minimum absolute atomic E-state index is 0.0496. The molecular weight excluding hydrogens is 266 g/mol. The second kappa shape index (κ2) is 5.85. The predicted octanol–water partition coefficient (Wildman–Crippen LogP) is 0.969. The highest BCUT2D eigenvalue weighted by molar-refractivity contribution is 7.89. The number of anilines is 1. The molecule has 0 saturated heterocycles. The lowest BCUT2D eigenvalue weighted by atomic mass is 9.90. The van der Waals surface area contributed by atoms with Crippen molar-refractivity contribution in [2.24, 2.45) is 0 Å². The zero-order valence-corrected chi connectivity index (χ0v) is 11.9. The van der Waals surface area contributed by atoms with Crippen molar-refractivity contribution in [1.29, 1.82) is 0 Å². The van der Waals surface area contributed by atoms with Crippen molar-refractivity contribution in [3.8, 4) is 0 Å². The summed E-state index contributed by atoms with van der Waals surface area (Å²) in [7, 11) is -1.85. The first-order valence-electron chi connectivity index (χ1n) is 6.32. The fourth-order valence-electron chi connectivity index (χ4n) is 2.12. The number of aromatic nitrogens is 1. The highest BCUT2D eigenvalue weighted by Gasteiger charge is 2.33. The fourth-order valence-corrected chi connectivity index (χ4v) is 3.53. The lowest BCUT2D eigenvalue weighted by Crippen LogP contribution is -2.47. The molecule has 1 aliphatic carbocycles. The van der Waals surface area contributed by atoms with Crippen molar-refractivity contribution in [1.82, 2.24) is 9.71 Å². The Morgan fingerprint density at radius 1 is 1.47 bits per heavy atom. The van der Waals surface area contributed by atoms with Crippen molar-refractivity contribution in [2.45, 2.75) is 36.8 Å². The minimum Gasteiger partial charge on any atom is -0.387 e. The summed E-state index contributed by atoms with van der Waals surface area (Å²) in [6.07, 6.45) is 4.53. The van der Waals surface area contributed by atoms with Crippen LogP contribution in [-0.2, 0) is 14.8 Å². The summed E-state index contributed by atoms with van der Waals surface area (Å²) in [6.45, 7) is 2.60. The van der Waals surface area contributed by atoms with Crippen LogP contribution >= 0.6 is 0 Å². The first-order valence-corrected chi connectivity index (χ1v) is 7.80. The standard InChI is InChI=1S/C12H19N3O3S/c1-3-18-10-6-9(7-10)15-19(16,17)12-8-14-5-4-11(12)13-2/h4-5,8-10,15H,3,6-7H2,1-2H3,(H,13,14). The van der Waals surface area contributed by atoms with E-state index >= 15 is 0 Å². The van der Waals surface area contributed by atoms with E-state index in [4.69, 9.17) is 4.74 Å². The molecule has 1 aromatic heterocycles. The highest BCUT2D eigenvalue weighted by Crippen LogP contribution is 2.26. The molecular formula is C12H19N3O3S. The van der Waals surface area contributed by atoms with Crippen molar-refractivity contribution < 1.29 is 13.2 Å². The van der Waals surface area contributed by atoms with E-state index in [-0.39, 0.29) is 17.0 Å². The van der Waals surface area contributed by atoms with Gasteiger partial charge in [-0.05, 0) is 25.8 Å². The average molecular weight is 285 g/mol. The molecule has 1 aromatic rings. The average Bonchev–Trinajstić information content (AvgIpc) is 2.36. The Balaban J connectivity index is 2.03. The molecule has 106 valence electrons. The second-order valence-electron chi connectivity index (χ2n) is 4.49. The zero-order valence-electron chi connectivity index (χ0n) is 11.1. The summed E-state index contributed by atoms with van der Waals surface area (Å²) >= 11 is 0. The van der Waals surface area contributed by atoms with Crippen LogP contribution in [-0.4, -0.2) is 39.2 Å². The Morgan fingerprint density at radius 2 is 2.21 bits per heavy atom. The number of ether oxygens (including phenoxy) is 1. The van der Waals surface area contributed by atoms with Crippen LogP contribution < -0.4 is 10.0 Å². The number of hydrogen-bond donors (Lipinski definition) is 2. The molecule has 0 spiro atoms. The molecule has 1 fully saturated rings. The van der Waals surface area contributed by atoms with Crippen LogP contribution in [0.15, 0.2) is 23.4 Å². The van der Waals surface area contributed by atoms with Crippen molar-refractivity contribution in [3.05, 3.63) is 18.5 Å². The maximum absolute atomic E-state index is 12.2. The molecule has 2 rings (SSSR count). The molecule has 7 heteroatoms. The maximum Gasteiger partial charge on any atom is 0.244 e. The summed E-state index contributed by atoms with van der Waals surface area (Å²) in [5.41, 5.74) is 0.545. The Bertz CT molecular complexity index is 527. The first-order chi connectivity index (χ1) is 9.06. The van der Waals surface area contributed by atoms with Crippen LogP contribution in [0, 0.1) is 0 Å². The van der Waals surface area contributed by atoms with E-state index in [9.17, 15) is 8.42 Å². The summed E-state index contributed by atoms with van der Waals surface area (Å²) in [4.78, 5) is 4.05. The second-order valence-corrected chi connectivity index (χ2v) is 6.17. The predicted molar refractivity (Wildman–Crippen MR) is 72.5 cm³/mol. The van der Waals surface area contributed by atoms with Gasteiger partial charge in [-0.2, -0.15) is 0 Å². The van der Waals surface area contributed by atoms with E-state index in [2.05, 4.69) is 15.0 Å². The van der Waals surface area contributed by atoms with Gasteiger partial charge in [0.1, 0.15) is 4.90 Å². The summed E-state index contributed by atoms with van der Waals surface area (Å²) in [6, 6.07) is 1.59. The smallest absolute Gasteiger partial charge is 0.244 e. The number of pyridine rings is 1. The molecule has 19 heavy (non-hydrogen) atoms. The van der Waals surface area contributed by atoms with Gasteiger partial charge in [-0.25, -0.2) is 13.1 Å². The van der Waals surface area contributed by atoms with Crippen LogP contribution in [0.25, 0.3) is 0 Å². The number of rotatable bonds is 6. The molecule has 0 aromatic carbocycles. The largest absolute Gasteiger partial charge is 0.387 e. The van der Waals surface area contributed by atoms with Gasteiger partial charge in [0, 0.05) is 32.1 Å². The van der Waals surface area contributed by atoms with E-state index < -0.39 is 10.0 Å². The van der Waals surface area contributed by atoms with Gasteiger partial charge in [0.05, 0.1) is 11.8 Å². The van der Waals surface area contributed by atoms with Gasteiger partial charge >= 0.3 is 0 Å². The zero-order chi connectivity index (χ0) is 13.9. The van der Waals surface area contributed by atoms with Crippen LogP contribution in [0.3, 0.4) is 0 Å². The minimum atomic E-state index is -3.53. The van der Waals surface area contributed by atoms with Crippen molar-refractivity contribution >= 4 is 15.7 Å². The summed E-state index contributed by atoms with van der Waals surface area (Å²) < 4.78 is 32.6. The van der Waals surface area contributed by atoms with Gasteiger partial charge in [0.15, 0.2) is 0 Å². The summed E-state index contributed by atoms with van der Waals surface area (Å²) in [5, 5.41) is 2.86. The Kier molecular flexibility index (Phi) is 4.38. The molecule has 0 aliphatic heterocycles. The molecule has 0 amide bonds. The SMILES string of the molecule is CCOC1CC(NS(=O)(=O)c2cnccc2NC)C1. The number of nitrogens with one attached hydrogen (secondary N) is 2. The topological polar surface area (TPSA) is 80.3 Å². The van der Waals surface area contributed by atoms with E-state index in [1.807, 2.05) is 6.92 Å². The summed E-state index contributed by atoms with van der Waals surface area (Å²) in [5.74, 6) is 0. The first kappa shape index (κ1) is 14.2. The molecule has 1 aliphatic rings. The molecule has 2 N–H and O–H groups in total. The molecule has 0 bridgehead atoms. The molecule has 0 unspecified atom stereocenters. The Hall–Kier alpha value is -1.18. The highest BCUT2D eigenvalue weighted by atomic mass is 32.2. The van der Waals surface area contributed by atoms with Crippen LogP contribution in [0.4, 0.5) is 5.69 Å². The van der Waals surface area contributed by atoms with E-state index in [0.717, 1.165) is 12.8 Å². The van der Waals surface area contributed by atoms with E-state index in [1.165, 1.54) is 6.20 Å². The molecule has 6 nitrogen and oxygen atoms in total. The molecule has 1 heterocycles. The monoisotopic (exact) mass is 285 g/mol. The number of hydrogen-bond acceptors (Lipinski definition) is 5. The van der Waals surface area contributed by atoms with Crippen LogP contribution in [0.2, 0.25) is 0 Å². The molecule has 0 radical (unpaired) electrons.